The SMILES string of the molecule is CCC1(c2nnc(CBr)n2CC(C)C)CCCC1. The van der Waals surface area contributed by atoms with E-state index < -0.39 is 0 Å². The average molecular weight is 314 g/mol. The molecule has 1 aliphatic rings. The standard InChI is InChI=1S/C14H24BrN3/c1-4-14(7-5-6-8-14)13-17-16-12(9-15)18(13)10-11(2)3/h11H,4-10H2,1-3H3. The number of alkyl halides is 1. The van der Waals surface area contributed by atoms with Gasteiger partial charge < -0.3 is 4.57 Å². The Morgan fingerprint density at radius 1 is 1.28 bits per heavy atom. The summed E-state index contributed by atoms with van der Waals surface area (Å²) in [5.74, 6) is 2.96. The van der Waals surface area contributed by atoms with Crippen LogP contribution in [0.4, 0.5) is 0 Å². The van der Waals surface area contributed by atoms with E-state index in [2.05, 4.69) is 51.5 Å². The Morgan fingerprint density at radius 3 is 2.44 bits per heavy atom. The van der Waals surface area contributed by atoms with E-state index in [1.165, 1.54) is 37.9 Å². The molecule has 1 saturated carbocycles. The summed E-state index contributed by atoms with van der Waals surface area (Å²) >= 11 is 3.54. The molecule has 1 aromatic rings. The zero-order valence-electron chi connectivity index (χ0n) is 11.7. The van der Waals surface area contributed by atoms with Crippen LogP contribution >= 0.6 is 15.9 Å². The Hall–Kier alpha value is -0.380. The third-order valence-corrected chi connectivity index (χ3v) is 4.71. The molecule has 18 heavy (non-hydrogen) atoms. The molecular formula is C14H24BrN3. The lowest BCUT2D eigenvalue weighted by atomic mass is 9.82. The zero-order chi connectivity index (χ0) is 13.2. The molecule has 0 atom stereocenters. The minimum atomic E-state index is 0.294. The molecule has 1 heterocycles. The van der Waals surface area contributed by atoms with Crippen LogP contribution in [0.5, 0.6) is 0 Å². The fourth-order valence-corrected chi connectivity index (χ4v) is 3.59. The quantitative estimate of drug-likeness (QED) is 0.768. The van der Waals surface area contributed by atoms with Crippen molar-refractivity contribution in [2.75, 3.05) is 0 Å². The Bertz CT molecular complexity index is 392. The van der Waals surface area contributed by atoms with Crippen molar-refractivity contribution in [3.05, 3.63) is 11.6 Å². The third-order valence-electron chi connectivity index (χ3n) is 4.21. The number of rotatable bonds is 5. The Balaban J connectivity index is 2.39. The molecule has 0 unspecified atom stereocenters. The van der Waals surface area contributed by atoms with Crippen molar-refractivity contribution in [3.8, 4) is 0 Å². The van der Waals surface area contributed by atoms with Gasteiger partial charge in [-0.2, -0.15) is 0 Å². The summed E-state index contributed by atoms with van der Waals surface area (Å²) in [5, 5.41) is 9.74. The largest absolute Gasteiger partial charge is 0.314 e. The maximum atomic E-state index is 4.55. The second-order valence-electron chi connectivity index (χ2n) is 5.92. The molecule has 3 nitrogen and oxygen atoms in total. The van der Waals surface area contributed by atoms with Crippen molar-refractivity contribution < 1.29 is 0 Å². The molecule has 102 valence electrons. The van der Waals surface area contributed by atoms with E-state index in [-0.39, 0.29) is 0 Å². The smallest absolute Gasteiger partial charge is 0.143 e. The van der Waals surface area contributed by atoms with Crippen LogP contribution in [0, 0.1) is 5.92 Å². The molecule has 1 aromatic heterocycles. The number of nitrogens with zero attached hydrogens (tertiary/aromatic N) is 3. The van der Waals surface area contributed by atoms with E-state index in [0.717, 1.165) is 17.7 Å². The third kappa shape index (κ3) is 2.49. The lowest BCUT2D eigenvalue weighted by Gasteiger charge is -2.27. The van der Waals surface area contributed by atoms with Gasteiger partial charge in [0.2, 0.25) is 0 Å². The van der Waals surface area contributed by atoms with Gasteiger partial charge in [-0.25, -0.2) is 0 Å². The highest BCUT2D eigenvalue weighted by Crippen LogP contribution is 2.43. The molecule has 0 bridgehead atoms. The van der Waals surface area contributed by atoms with Crippen LogP contribution in [0.1, 0.15) is 64.5 Å². The summed E-state index contributed by atoms with van der Waals surface area (Å²) in [6, 6.07) is 0. The highest BCUT2D eigenvalue weighted by Gasteiger charge is 2.38. The first-order chi connectivity index (χ1) is 8.63. The topological polar surface area (TPSA) is 30.7 Å². The Labute approximate surface area is 118 Å². The van der Waals surface area contributed by atoms with Crippen LogP contribution in [0.25, 0.3) is 0 Å². The molecule has 1 fully saturated rings. The maximum absolute atomic E-state index is 4.55. The average Bonchev–Trinajstić information content (AvgIpc) is 2.95. The van der Waals surface area contributed by atoms with Crippen LogP contribution in [-0.4, -0.2) is 14.8 Å². The van der Waals surface area contributed by atoms with Gasteiger partial charge in [-0.3, -0.25) is 0 Å². The molecule has 0 spiro atoms. The van der Waals surface area contributed by atoms with Crippen LogP contribution < -0.4 is 0 Å². The summed E-state index contributed by atoms with van der Waals surface area (Å²) in [6.07, 6.45) is 6.42. The van der Waals surface area contributed by atoms with Gasteiger partial charge in [-0.05, 0) is 25.2 Å². The second-order valence-corrected chi connectivity index (χ2v) is 6.48. The lowest BCUT2D eigenvalue weighted by molar-refractivity contribution is 0.363. The van der Waals surface area contributed by atoms with E-state index in [4.69, 9.17) is 0 Å². The maximum Gasteiger partial charge on any atom is 0.143 e. The van der Waals surface area contributed by atoms with Crippen molar-refractivity contribution in [1.29, 1.82) is 0 Å². The Kier molecular flexibility index (Phi) is 4.46. The molecule has 0 aliphatic heterocycles. The van der Waals surface area contributed by atoms with E-state index in [1.807, 2.05) is 0 Å². The van der Waals surface area contributed by atoms with Gasteiger partial charge in [0, 0.05) is 12.0 Å². The van der Waals surface area contributed by atoms with Crippen molar-refractivity contribution in [2.45, 2.75) is 70.2 Å². The summed E-state index contributed by atoms with van der Waals surface area (Å²) in [7, 11) is 0. The van der Waals surface area contributed by atoms with Gasteiger partial charge in [0.15, 0.2) is 0 Å². The first-order valence-electron chi connectivity index (χ1n) is 7.11. The predicted octanol–water partition coefficient (Wildman–Crippen LogP) is 4.05. The van der Waals surface area contributed by atoms with Crippen LogP contribution in [-0.2, 0) is 17.3 Å². The van der Waals surface area contributed by atoms with Crippen molar-refractivity contribution in [1.82, 2.24) is 14.8 Å². The van der Waals surface area contributed by atoms with Gasteiger partial charge in [-0.1, -0.05) is 49.5 Å². The number of hydrogen-bond acceptors (Lipinski definition) is 2. The van der Waals surface area contributed by atoms with Crippen molar-refractivity contribution in [2.24, 2.45) is 5.92 Å². The van der Waals surface area contributed by atoms with Gasteiger partial charge in [-0.15, -0.1) is 10.2 Å². The van der Waals surface area contributed by atoms with Crippen molar-refractivity contribution in [3.63, 3.8) is 0 Å². The first-order valence-corrected chi connectivity index (χ1v) is 8.23. The van der Waals surface area contributed by atoms with Gasteiger partial charge in [0.25, 0.3) is 0 Å². The van der Waals surface area contributed by atoms with E-state index >= 15 is 0 Å². The molecular weight excluding hydrogens is 290 g/mol. The highest BCUT2D eigenvalue weighted by molar-refractivity contribution is 9.08. The van der Waals surface area contributed by atoms with E-state index in [1.54, 1.807) is 0 Å². The first kappa shape index (κ1) is 14.0. The predicted molar refractivity (Wildman–Crippen MR) is 77.9 cm³/mol. The van der Waals surface area contributed by atoms with E-state index in [0.29, 0.717) is 11.3 Å². The fraction of sp³-hybridized carbons (Fsp3) is 0.857. The normalized spacial score (nSPS) is 18.7. The van der Waals surface area contributed by atoms with Crippen LogP contribution in [0.15, 0.2) is 0 Å². The minimum Gasteiger partial charge on any atom is -0.314 e. The number of hydrogen-bond donors (Lipinski definition) is 0. The van der Waals surface area contributed by atoms with Crippen molar-refractivity contribution >= 4 is 15.9 Å². The monoisotopic (exact) mass is 313 g/mol. The lowest BCUT2D eigenvalue weighted by Crippen LogP contribution is -2.27. The van der Waals surface area contributed by atoms with Gasteiger partial charge in [0.05, 0.1) is 5.33 Å². The molecule has 0 N–H and O–H groups in total. The molecule has 4 heteroatoms. The van der Waals surface area contributed by atoms with E-state index in [9.17, 15) is 0 Å². The van der Waals surface area contributed by atoms with Gasteiger partial charge in [0.1, 0.15) is 11.6 Å². The van der Waals surface area contributed by atoms with Gasteiger partial charge >= 0.3 is 0 Å². The fourth-order valence-electron chi connectivity index (χ4n) is 3.17. The van der Waals surface area contributed by atoms with Crippen LogP contribution in [0.3, 0.4) is 0 Å². The summed E-state index contributed by atoms with van der Waals surface area (Å²) in [5.41, 5.74) is 0.294. The molecule has 0 radical (unpaired) electrons. The highest BCUT2D eigenvalue weighted by atomic mass is 79.9. The molecule has 0 aromatic carbocycles. The minimum absolute atomic E-state index is 0.294. The second kappa shape index (κ2) is 5.72. The zero-order valence-corrected chi connectivity index (χ0v) is 13.3. The molecule has 0 amide bonds. The summed E-state index contributed by atoms with van der Waals surface area (Å²) in [4.78, 5) is 0. The number of aromatic nitrogens is 3. The summed E-state index contributed by atoms with van der Waals surface area (Å²) < 4.78 is 2.37. The molecule has 1 aliphatic carbocycles. The Morgan fingerprint density at radius 2 is 1.94 bits per heavy atom. The molecule has 0 saturated heterocycles. The van der Waals surface area contributed by atoms with Crippen LogP contribution in [0.2, 0.25) is 0 Å². The summed E-state index contributed by atoms with van der Waals surface area (Å²) in [6.45, 7) is 7.85. The molecule has 2 rings (SSSR count). The number of halogens is 1.